The molecule has 18 heteroatoms. The molecule has 504 valence electrons. The molecule has 4 rings (SSSR count). The van der Waals surface area contributed by atoms with E-state index in [1.807, 2.05) is 57.2 Å². The topological polar surface area (TPSA) is 206 Å². The van der Waals surface area contributed by atoms with Gasteiger partial charge in [0.25, 0.3) is 0 Å². The van der Waals surface area contributed by atoms with Gasteiger partial charge in [-0.15, -0.1) is 0 Å². The molecule has 3 atom stereocenters. The van der Waals surface area contributed by atoms with E-state index in [0.29, 0.717) is 71.0 Å². The Labute approximate surface area is 551 Å². The van der Waals surface area contributed by atoms with Crippen molar-refractivity contribution in [1.29, 1.82) is 0 Å². The minimum absolute atomic E-state index is 0.0674. The van der Waals surface area contributed by atoms with E-state index in [9.17, 15) is 44.1 Å². The van der Waals surface area contributed by atoms with Crippen LogP contribution in [0.4, 0.5) is 0 Å². The molecule has 0 aliphatic rings. The predicted molar refractivity (Wildman–Crippen MR) is 373 cm³/mol. The maximum Gasteiger partial charge on any atom is 0.336 e. The third-order valence-corrected chi connectivity index (χ3v) is 19.5. The fourth-order valence-corrected chi connectivity index (χ4v) is 13.3. The Morgan fingerprint density at radius 1 is 0.378 bits per heavy atom. The van der Waals surface area contributed by atoms with Crippen LogP contribution in [0.5, 0.6) is 17.2 Å². The van der Waals surface area contributed by atoms with E-state index in [1.54, 1.807) is 35.3 Å². The third-order valence-electron chi connectivity index (χ3n) is 15.8. The molecule has 15 nitrogen and oxygen atoms in total. The highest BCUT2D eigenvalue weighted by Gasteiger charge is 2.30. The molecule has 1 heterocycles. The second-order valence-electron chi connectivity index (χ2n) is 31.0. The van der Waals surface area contributed by atoms with Crippen molar-refractivity contribution in [2.24, 2.45) is 17.8 Å². The van der Waals surface area contributed by atoms with Crippen LogP contribution in [0.2, 0.25) is 0 Å². The van der Waals surface area contributed by atoms with Crippen LogP contribution in [0.3, 0.4) is 0 Å². The van der Waals surface area contributed by atoms with Crippen LogP contribution in [-0.2, 0) is 100.0 Å². The molecular formula is C72H111N3O12S3. The van der Waals surface area contributed by atoms with Crippen LogP contribution in [0.1, 0.15) is 215 Å². The number of benzene rings is 3. The lowest BCUT2D eigenvalue weighted by atomic mass is 9.78. The number of aromatic nitrogens is 3. The van der Waals surface area contributed by atoms with Crippen molar-refractivity contribution in [1.82, 2.24) is 13.7 Å². The summed E-state index contributed by atoms with van der Waals surface area (Å²) >= 11 is 4.64. The quantitative estimate of drug-likeness (QED) is 0.0252. The molecule has 0 saturated carbocycles. The molecule has 0 spiro atoms. The van der Waals surface area contributed by atoms with Gasteiger partial charge in [0, 0.05) is 56.2 Å². The van der Waals surface area contributed by atoms with E-state index in [4.69, 9.17) is 14.2 Å². The van der Waals surface area contributed by atoms with Crippen LogP contribution in [0.15, 0.2) is 50.8 Å². The Morgan fingerprint density at radius 2 is 0.567 bits per heavy atom. The van der Waals surface area contributed by atoms with Gasteiger partial charge in [0.05, 0.1) is 0 Å². The molecule has 3 unspecified atom stereocenters. The van der Waals surface area contributed by atoms with Gasteiger partial charge in [0.1, 0.15) is 37.1 Å². The SMILES string of the molecule is CC(CSCCOC(=O)CCc1cc(C(C)(C)C)c(O)c(C(C)(C)C)c1)Cn1c(=O)n(CC(C)CSCCOC(=O)CCc2cc(C(C)(C)C)c(O)c(C(C)(C)C)c2)c(=O)n(CC(C)CSCCOC(=O)CCc2cc(C(C)(C)C)c(O)c(C(C)(C)C)c2)c1=O. The number of rotatable bonds is 30. The molecule has 3 N–H and O–H groups in total. The van der Waals surface area contributed by atoms with Crippen LogP contribution in [0.25, 0.3) is 0 Å². The number of aromatic hydroxyl groups is 3. The Kier molecular flexibility index (Phi) is 28.1. The predicted octanol–water partition coefficient (Wildman–Crippen LogP) is 13.7. The van der Waals surface area contributed by atoms with E-state index in [1.165, 1.54) is 13.7 Å². The first-order chi connectivity index (χ1) is 41.4. The lowest BCUT2D eigenvalue weighted by Crippen LogP contribution is -2.56. The second kappa shape index (κ2) is 32.7. The Balaban J connectivity index is 1.39. The molecule has 0 bridgehead atoms. The van der Waals surface area contributed by atoms with Gasteiger partial charge in [-0.3, -0.25) is 14.4 Å². The maximum atomic E-state index is 14.3. The monoisotopic (exact) mass is 1310 g/mol. The van der Waals surface area contributed by atoms with E-state index in [0.717, 1.165) is 50.1 Å². The van der Waals surface area contributed by atoms with Gasteiger partial charge in [-0.05, 0) is 137 Å². The first kappa shape index (κ1) is 77.4. The first-order valence-electron chi connectivity index (χ1n) is 32.2. The van der Waals surface area contributed by atoms with Crippen molar-refractivity contribution in [2.45, 2.75) is 236 Å². The largest absolute Gasteiger partial charge is 0.507 e. The van der Waals surface area contributed by atoms with Crippen molar-refractivity contribution in [2.75, 3.05) is 54.3 Å². The average Bonchev–Trinajstić information content (AvgIpc) is 0.846. The lowest BCUT2D eigenvalue weighted by Gasteiger charge is -2.28. The highest BCUT2D eigenvalue weighted by molar-refractivity contribution is 7.99. The van der Waals surface area contributed by atoms with Crippen molar-refractivity contribution in [3.05, 3.63) is 118 Å². The molecule has 1 aromatic heterocycles. The number of hydrogen-bond donors (Lipinski definition) is 3. The molecule has 0 saturated heterocycles. The number of nitrogens with zero attached hydrogens (tertiary/aromatic N) is 3. The summed E-state index contributed by atoms with van der Waals surface area (Å²) < 4.78 is 20.4. The number of carbonyl (C=O) groups is 3. The number of esters is 3. The van der Waals surface area contributed by atoms with Crippen molar-refractivity contribution < 1.29 is 43.9 Å². The fraction of sp³-hybridized carbons (Fsp3) is 0.667. The zero-order chi connectivity index (χ0) is 68.1. The standard InChI is InChI=1S/C72H111N3O12S3/c1-46(43-88-31-28-85-58(76)25-22-49-34-52(67(4,5)6)61(79)53(35-49)68(7,8)9)40-73-64(82)74(41-47(2)44-89-32-29-86-59(77)26-23-50-36-54(69(10,11)12)62(80)55(37-50)70(13,14)15)66(84)75(65(73)83)42-48(3)45-90-33-30-87-60(78)27-24-51-38-56(71(16,17)18)63(81)57(39-51)72(19,20)21/h34-39,46-48,79-81H,22-33,40-45H2,1-21H3. The van der Waals surface area contributed by atoms with E-state index in [2.05, 4.69) is 125 Å². The second-order valence-corrected chi connectivity index (χ2v) is 34.4. The molecule has 0 fully saturated rings. The summed E-state index contributed by atoms with van der Waals surface area (Å²) in [5, 5.41) is 33.4. The number of phenolic OH excluding ortho intramolecular Hbond substituents is 3. The van der Waals surface area contributed by atoms with Crippen LogP contribution in [0, 0.1) is 17.8 Å². The number of aryl methyl sites for hydroxylation is 3. The molecule has 0 aliphatic carbocycles. The van der Waals surface area contributed by atoms with Crippen molar-refractivity contribution in [3.63, 3.8) is 0 Å². The Bertz CT molecular complexity index is 2790. The average molecular weight is 1310 g/mol. The maximum absolute atomic E-state index is 14.3. The Hall–Kier alpha value is -5.07. The highest BCUT2D eigenvalue weighted by atomic mass is 32.2. The Morgan fingerprint density at radius 3 is 0.744 bits per heavy atom. The summed E-state index contributed by atoms with van der Waals surface area (Å²) in [4.78, 5) is 81.8. The smallest absolute Gasteiger partial charge is 0.336 e. The third kappa shape index (κ3) is 23.5. The van der Waals surface area contributed by atoms with Crippen molar-refractivity contribution in [3.8, 4) is 17.2 Å². The molecular weight excluding hydrogens is 1200 g/mol. The van der Waals surface area contributed by atoms with E-state index >= 15 is 0 Å². The van der Waals surface area contributed by atoms with Gasteiger partial charge in [0.15, 0.2) is 0 Å². The number of thioether (sulfide) groups is 3. The number of phenols is 3. The van der Waals surface area contributed by atoms with Gasteiger partial charge in [-0.2, -0.15) is 35.3 Å². The van der Waals surface area contributed by atoms with E-state index < -0.39 is 17.1 Å². The minimum atomic E-state index is -0.674. The fourth-order valence-electron chi connectivity index (χ4n) is 10.6. The molecule has 3 aromatic carbocycles. The molecule has 0 amide bonds. The normalized spacial score (nSPS) is 13.7. The minimum Gasteiger partial charge on any atom is -0.507 e. The summed E-state index contributed by atoms with van der Waals surface area (Å²) in [6, 6.07) is 11.9. The molecule has 90 heavy (non-hydrogen) atoms. The number of hydrogen-bond acceptors (Lipinski definition) is 15. The van der Waals surface area contributed by atoms with Gasteiger partial charge >= 0.3 is 35.0 Å². The first-order valence-corrected chi connectivity index (χ1v) is 35.6. The highest BCUT2D eigenvalue weighted by Crippen LogP contribution is 2.43. The van der Waals surface area contributed by atoms with Gasteiger partial charge < -0.3 is 29.5 Å². The van der Waals surface area contributed by atoms with Crippen LogP contribution in [-0.4, -0.2) is 101 Å². The van der Waals surface area contributed by atoms with Crippen molar-refractivity contribution >= 4 is 53.2 Å². The summed E-state index contributed by atoms with van der Waals surface area (Å²) in [7, 11) is 0. The summed E-state index contributed by atoms with van der Waals surface area (Å²) in [6.45, 7) is 43.6. The van der Waals surface area contributed by atoms with Crippen LogP contribution < -0.4 is 17.1 Å². The summed E-state index contributed by atoms with van der Waals surface area (Å²) in [6.07, 6.45) is 1.97. The zero-order valence-corrected chi connectivity index (χ0v) is 61.0. The zero-order valence-electron chi connectivity index (χ0n) is 58.5. The van der Waals surface area contributed by atoms with Crippen LogP contribution >= 0.6 is 35.3 Å². The van der Waals surface area contributed by atoms with Gasteiger partial charge in [0.2, 0.25) is 0 Å². The van der Waals surface area contributed by atoms with Gasteiger partial charge in [-0.1, -0.05) is 182 Å². The molecule has 0 aliphatic heterocycles. The molecule has 4 aromatic rings. The number of ether oxygens (including phenoxy) is 3. The summed E-state index contributed by atoms with van der Waals surface area (Å²) in [5.41, 5.74) is 4.18. The van der Waals surface area contributed by atoms with E-state index in [-0.39, 0.29) is 127 Å². The lowest BCUT2D eigenvalue weighted by molar-refractivity contribution is -0.143. The number of carbonyl (C=O) groups excluding carboxylic acids is 3. The summed E-state index contributed by atoms with van der Waals surface area (Å²) in [5.74, 6) is 2.59. The van der Waals surface area contributed by atoms with Gasteiger partial charge in [-0.25, -0.2) is 28.1 Å². The molecule has 0 radical (unpaired) electrons.